The van der Waals surface area contributed by atoms with Gasteiger partial charge in [-0.15, -0.1) is 5.01 Å². The van der Waals surface area contributed by atoms with Crippen LogP contribution in [0.25, 0.3) is 0 Å². The molecule has 2 rings (SSSR count). The van der Waals surface area contributed by atoms with Crippen LogP contribution in [-0.4, -0.2) is 41.3 Å². The van der Waals surface area contributed by atoms with Gasteiger partial charge in [-0.3, -0.25) is 4.79 Å². The lowest BCUT2D eigenvalue weighted by Crippen LogP contribution is -2.76. The van der Waals surface area contributed by atoms with Crippen molar-refractivity contribution in [2.75, 3.05) is 13.2 Å². The first-order chi connectivity index (χ1) is 10.5. The quantitative estimate of drug-likeness (QED) is 0.856. The minimum atomic E-state index is -1.29. The van der Waals surface area contributed by atoms with Crippen molar-refractivity contribution in [3.63, 3.8) is 0 Å². The molecule has 1 aliphatic rings. The average Bonchev–Trinajstić information content (AvgIpc) is 2.52. The molecule has 0 aromatic heterocycles. The number of amides is 3. The van der Waals surface area contributed by atoms with Crippen LogP contribution in [0.5, 0.6) is 0 Å². The van der Waals surface area contributed by atoms with Crippen LogP contribution in [0.15, 0.2) is 30.3 Å². The molecule has 1 heterocycles. The highest BCUT2D eigenvalue weighted by molar-refractivity contribution is 6.06. The number of benzene rings is 1. The predicted molar refractivity (Wildman–Crippen MR) is 76.5 cm³/mol. The molecule has 1 fully saturated rings. The van der Waals surface area contributed by atoms with E-state index >= 15 is 0 Å². The summed E-state index contributed by atoms with van der Waals surface area (Å²) in [5.41, 5.74) is -0.700. The molecular weight excluding hydrogens is 288 g/mol. The van der Waals surface area contributed by atoms with E-state index in [-0.39, 0.29) is 13.2 Å². The first-order valence-corrected chi connectivity index (χ1v) is 7.02. The van der Waals surface area contributed by atoms with E-state index in [0.29, 0.717) is 10.6 Å². The molecule has 0 bridgehead atoms. The summed E-state index contributed by atoms with van der Waals surface area (Å²) in [5.74, 6) is -0.537. The Morgan fingerprint density at radius 1 is 1.05 bits per heavy atom. The Bertz CT molecular complexity index is 589. The van der Waals surface area contributed by atoms with Crippen molar-refractivity contribution in [1.82, 2.24) is 10.0 Å². The number of nitrogens with zero attached hydrogens (tertiary/aromatic N) is 2. The molecule has 1 aliphatic heterocycles. The Labute approximate surface area is 128 Å². The molecule has 1 saturated heterocycles. The Hall–Kier alpha value is -2.57. The van der Waals surface area contributed by atoms with E-state index in [9.17, 15) is 14.4 Å². The lowest BCUT2D eigenvalue weighted by atomic mass is 9.86. The van der Waals surface area contributed by atoms with Crippen LogP contribution in [0.3, 0.4) is 0 Å². The second kappa shape index (κ2) is 6.05. The number of ether oxygens (including phenoxy) is 2. The predicted octanol–water partition coefficient (Wildman–Crippen LogP) is 2.27. The zero-order chi connectivity index (χ0) is 16.3. The molecule has 1 aromatic rings. The fraction of sp³-hybridized carbons (Fsp3) is 0.400. The van der Waals surface area contributed by atoms with E-state index in [1.54, 1.807) is 51.1 Å². The Kier molecular flexibility index (Phi) is 4.35. The van der Waals surface area contributed by atoms with Crippen LogP contribution in [0.2, 0.25) is 0 Å². The van der Waals surface area contributed by atoms with Crippen molar-refractivity contribution in [3.05, 3.63) is 35.9 Å². The van der Waals surface area contributed by atoms with Gasteiger partial charge in [0.2, 0.25) is 0 Å². The second-order valence-electron chi connectivity index (χ2n) is 4.76. The molecule has 0 saturated carbocycles. The largest absolute Gasteiger partial charge is 0.448 e. The van der Waals surface area contributed by atoms with Gasteiger partial charge in [0.25, 0.3) is 5.91 Å². The highest BCUT2D eigenvalue weighted by Crippen LogP contribution is 2.41. The van der Waals surface area contributed by atoms with Crippen molar-refractivity contribution in [2.24, 2.45) is 0 Å². The molecule has 0 radical (unpaired) electrons. The summed E-state index contributed by atoms with van der Waals surface area (Å²) in [6.07, 6.45) is -1.67. The summed E-state index contributed by atoms with van der Waals surface area (Å²) in [6.45, 7) is 5.06. The number of carbonyl (C=O) groups is 3. The van der Waals surface area contributed by atoms with Crippen LogP contribution in [-0.2, 0) is 19.8 Å². The summed E-state index contributed by atoms with van der Waals surface area (Å²) in [4.78, 5) is 36.6. The number of hydrazine groups is 1. The minimum Gasteiger partial charge on any atom is -0.448 e. The molecule has 118 valence electrons. The molecule has 0 aliphatic carbocycles. The lowest BCUT2D eigenvalue weighted by molar-refractivity contribution is -0.198. The highest BCUT2D eigenvalue weighted by atomic mass is 16.6. The van der Waals surface area contributed by atoms with Gasteiger partial charge in [0.1, 0.15) is 0 Å². The molecule has 7 nitrogen and oxygen atoms in total. The molecular formula is C15H18N2O5. The Balaban J connectivity index is 2.39. The first kappa shape index (κ1) is 15.8. The topological polar surface area (TPSA) is 76.2 Å². The highest BCUT2D eigenvalue weighted by Gasteiger charge is 2.63. The van der Waals surface area contributed by atoms with Crippen LogP contribution in [0.4, 0.5) is 9.59 Å². The number of hydrogen-bond donors (Lipinski definition) is 0. The number of hydrogen-bond acceptors (Lipinski definition) is 5. The second-order valence-corrected chi connectivity index (χ2v) is 4.76. The van der Waals surface area contributed by atoms with Gasteiger partial charge < -0.3 is 9.47 Å². The normalized spacial score (nSPS) is 20.4. The fourth-order valence-electron chi connectivity index (χ4n) is 2.35. The number of imide groups is 1. The van der Waals surface area contributed by atoms with Crippen molar-refractivity contribution in [2.45, 2.75) is 26.3 Å². The van der Waals surface area contributed by atoms with Crippen LogP contribution in [0, 0.1) is 0 Å². The molecule has 1 aromatic carbocycles. The van der Waals surface area contributed by atoms with E-state index in [4.69, 9.17) is 9.47 Å². The van der Waals surface area contributed by atoms with E-state index < -0.39 is 23.6 Å². The Morgan fingerprint density at radius 2 is 1.59 bits per heavy atom. The third-order valence-corrected chi connectivity index (χ3v) is 3.45. The van der Waals surface area contributed by atoms with Gasteiger partial charge in [-0.25, -0.2) is 9.59 Å². The average molecular weight is 306 g/mol. The van der Waals surface area contributed by atoms with Gasteiger partial charge >= 0.3 is 12.2 Å². The first-order valence-electron chi connectivity index (χ1n) is 7.02. The fourth-order valence-corrected chi connectivity index (χ4v) is 2.35. The zero-order valence-corrected chi connectivity index (χ0v) is 12.7. The molecule has 1 atom stereocenters. The zero-order valence-electron chi connectivity index (χ0n) is 12.7. The van der Waals surface area contributed by atoms with E-state index in [0.717, 1.165) is 5.01 Å². The third-order valence-electron chi connectivity index (χ3n) is 3.45. The van der Waals surface area contributed by atoms with E-state index in [1.807, 2.05) is 0 Å². The van der Waals surface area contributed by atoms with E-state index in [1.165, 1.54) is 0 Å². The van der Waals surface area contributed by atoms with E-state index in [2.05, 4.69) is 0 Å². The van der Waals surface area contributed by atoms with Crippen LogP contribution >= 0.6 is 0 Å². The molecule has 7 heteroatoms. The van der Waals surface area contributed by atoms with Crippen LogP contribution < -0.4 is 0 Å². The van der Waals surface area contributed by atoms with Gasteiger partial charge in [0.15, 0.2) is 5.54 Å². The summed E-state index contributed by atoms with van der Waals surface area (Å²) in [7, 11) is 0. The standard InChI is InChI=1S/C15H18N2O5/c1-4-21-13(19)16-12(18)15(3,11-9-7-6-8-10-11)17(16)14(20)22-5-2/h6-10H,4-5H2,1-3H3/t15-/m1/s1. The third kappa shape index (κ3) is 2.28. The van der Waals surface area contributed by atoms with Gasteiger partial charge in [0.05, 0.1) is 13.2 Å². The maximum absolute atomic E-state index is 12.5. The smallest absolute Gasteiger partial charge is 0.436 e. The van der Waals surface area contributed by atoms with Gasteiger partial charge in [0, 0.05) is 0 Å². The van der Waals surface area contributed by atoms with Crippen molar-refractivity contribution in [3.8, 4) is 0 Å². The summed E-state index contributed by atoms with van der Waals surface area (Å²) >= 11 is 0. The molecule has 0 N–H and O–H groups in total. The summed E-state index contributed by atoms with van der Waals surface area (Å²) in [5, 5.41) is 1.67. The maximum atomic E-state index is 12.5. The van der Waals surface area contributed by atoms with Gasteiger partial charge in [-0.1, -0.05) is 30.3 Å². The minimum absolute atomic E-state index is 0.0985. The monoisotopic (exact) mass is 306 g/mol. The van der Waals surface area contributed by atoms with Crippen molar-refractivity contribution >= 4 is 18.1 Å². The lowest BCUT2D eigenvalue weighted by Gasteiger charge is -2.53. The maximum Gasteiger partial charge on any atom is 0.436 e. The molecule has 0 spiro atoms. The molecule has 0 unspecified atom stereocenters. The van der Waals surface area contributed by atoms with Gasteiger partial charge in [-0.2, -0.15) is 5.01 Å². The summed E-state index contributed by atoms with van der Waals surface area (Å²) in [6, 6.07) is 8.74. The van der Waals surface area contributed by atoms with Crippen molar-refractivity contribution in [1.29, 1.82) is 0 Å². The SMILES string of the molecule is CCOC(=O)N1C(=O)[C@@](C)(c2ccccc2)N1C(=O)OCC. The number of rotatable bonds is 3. The summed E-state index contributed by atoms with van der Waals surface area (Å²) < 4.78 is 9.78. The Morgan fingerprint density at radius 3 is 2.14 bits per heavy atom. The van der Waals surface area contributed by atoms with Crippen LogP contribution in [0.1, 0.15) is 26.3 Å². The van der Waals surface area contributed by atoms with Gasteiger partial charge in [-0.05, 0) is 26.3 Å². The molecule has 22 heavy (non-hydrogen) atoms. The van der Waals surface area contributed by atoms with Crippen molar-refractivity contribution < 1.29 is 23.9 Å². The number of carbonyl (C=O) groups excluding carboxylic acids is 3. The molecule has 3 amide bonds.